The molecule has 2 aromatic rings. The van der Waals surface area contributed by atoms with E-state index < -0.39 is 6.04 Å². The smallest absolute Gasteiger partial charge is 0.286 e. The highest BCUT2D eigenvalue weighted by molar-refractivity contribution is 8.03. The number of aromatic nitrogens is 1. The fourth-order valence-electron chi connectivity index (χ4n) is 5.66. The van der Waals surface area contributed by atoms with E-state index in [-0.39, 0.29) is 24.3 Å². The number of allylic oxidation sites excluding steroid dienone is 2. The Balaban J connectivity index is 1.73. The molecule has 0 saturated heterocycles. The lowest BCUT2D eigenvalue weighted by atomic mass is 9.93. The van der Waals surface area contributed by atoms with Crippen LogP contribution in [0.3, 0.4) is 0 Å². The Labute approximate surface area is 237 Å². The van der Waals surface area contributed by atoms with Gasteiger partial charge < -0.3 is 10.2 Å². The van der Waals surface area contributed by atoms with E-state index in [1.54, 1.807) is 16.3 Å². The third-order valence-electron chi connectivity index (χ3n) is 7.68. The summed E-state index contributed by atoms with van der Waals surface area (Å²) < 4.78 is 1.77. The fourth-order valence-corrected chi connectivity index (χ4v) is 6.79. The maximum atomic E-state index is 14.3. The molecule has 2 N–H and O–H groups in total. The maximum Gasteiger partial charge on any atom is 0.286 e. The molecule has 0 radical (unpaired) electrons. The molecule has 1 aromatic carbocycles. The van der Waals surface area contributed by atoms with Crippen molar-refractivity contribution in [1.29, 1.82) is 0 Å². The Morgan fingerprint density at radius 1 is 1.26 bits per heavy atom. The van der Waals surface area contributed by atoms with Crippen molar-refractivity contribution in [1.82, 2.24) is 15.2 Å². The molecule has 0 bridgehead atoms. The van der Waals surface area contributed by atoms with Crippen LogP contribution in [0.1, 0.15) is 74.2 Å². The third kappa shape index (κ3) is 7.13. The molecule has 2 atom stereocenters. The van der Waals surface area contributed by atoms with Gasteiger partial charge in [0.2, 0.25) is 11.8 Å². The first-order valence-electron chi connectivity index (χ1n) is 14.1. The van der Waals surface area contributed by atoms with Gasteiger partial charge in [-0.2, -0.15) is 0 Å². The highest BCUT2D eigenvalue weighted by Gasteiger charge is 2.35. The average Bonchev–Trinajstić information content (AvgIpc) is 3.51. The Kier molecular flexibility index (Phi) is 9.89. The zero-order chi connectivity index (χ0) is 27.9. The minimum atomic E-state index is -0.697. The number of hydrogen-bond donors (Lipinski definition) is 2. The standard InChI is InChI=1S/C32H42N4O2S/c1-6-12-28-24(19-33-31(28)35(4)5)18-29(37)36(20-26-17-22(2)21-39-26)30(27-16-11-10-13-23(27)3)32(38)34-25-14-8-7-9-15-25/h6,10-13,16-17,19,22,25,30,33H,4,7-9,14-15,18,20-21H2,1-3,5H3/p+1. The van der Waals surface area contributed by atoms with Crippen LogP contribution in [0.4, 0.5) is 5.82 Å². The zero-order valence-corrected chi connectivity index (χ0v) is 24.7. The summed E-state index contributed by atoms with van der Waals surface area (Å²) in [5.41, 5.74) is 3.74. The van der Waals surface area contributed by atoms with Crippen molar-refractivity contribution >= 4 is 42.2 Å². The number of benzene rings is 1. The summed E-state index contributed by atoms with van der Waals surface area (Å²) in [5.74, 6) is 2.17. The van der Waals surface area contributed by atoms with Crippen molar-refractivity contribution in [2.24, 2.45) is 5.92 Å². The first kappa shape index (κ1) is 28.9. The van der Waals surface area contributed by atoms with E-state index in [1.807, 2.05) is 68.4 Å². The van der Waals surface area contributed by atoms with E-state index >= 15 is 0 Å². The number of hydrogen-bond acceptors (Lipinski definition) is 3. The van der Waals surface area contributed by atoms with Gasteiger partial charge in [-0.1, -0.05) is 68.7 Å². The van der Waals surface area contributed by atoms with Crippen LogP contribution < -0.4 is 5.32 Å². The van der Waals surface area contributed by atoms with Crippen molar-refractivity contribution < 1.29 is 14.2 Å². The molecule has 2 unspecified atom stereocenters. The van der Waals surface area contributed by atoms with Crippen LogP contribution in [-0.4, -0.2) is 58.4 Å². The van der Waals surface area contributed by atoms with Gasteiger partial charge in [0.15, 0.2) is 0 Å². The highest BCUT2D eigenvalue weighted by Crippen LogP contribution is 2.34. The predicted octanol–water partition coefficient (Wildman–Crippen LogP) is 6.16. The lowest BCUT2D eigenvalue weighted by Crippen LogP contribution is -2.48. The lowest BCUT2D eigenvalue weighted by molar-refractivity contribution is -0.399. The van der Waals surface area contributed by atoms with Gasteiger partial charge in [-0.25, -0.2) is 9.56 Å². The van der Waals surface area contributed by atoms with Crippen LogP contribution in [0.25, 0.3) is 6.08 Å². The third-order valence-corrected chi connectivity index (χ3v) is 9.01. The van der Waals surface area contributed by atoms with Crippen molar-refractivity contribution in [2.45, 2.75) is 71.4 Å². The number of carbonyl (C=O) groups is 2. The molecule has 7 heteroatoms. The summed E-state index contributed by atoms with van der Waals surface area (Å²) >= 11 is 1.79. The Bertz CT molecular complexity index is 1250. The van der Waals surface area contributed by atoms with Gasteiger partial charge in [0, 0.05) is 22.3 Å². The molecule has 6 nitrogen and oxygen atoms in total. The summed E-state index contributed by atoms with van der Waals surface area (Å²) in [6, 6.07) is 7.43. The summed E-state index contributed by atoms with van der Waals surface area (Å²) in [6.45, 7) is 10.6. The van der Waals surface area contributed by atoms with Crippen molar-refractivity contribution in [2.75, 3.05) is 19.3 Å². The highest BCUT2D eigenvalue weighted by atomic mass is 32.2. The second-order valence-electron chi connectivity index (χ2n) is 11.0. The molecule has 1 saturated carbocycles. The summed E-state index contributed by atoms with van der Waals surface area (Å²) in [5, 5.41) is 3.34. The Morgan fingerprint density at radius 2 is 2.00 bits per heavy atom. The van der Waals surface area contributed by atoms with Gasteiger partial charge in [0.05, 0.1) is 38.5 Å². The van der Waals surface area contributed by atoms with Crippen LogP contribution in [-0.2, 0) is 16.0 Å². The topological polar surface area (TPSA) is 68.2 Å². The average molecular weight is 548 g/mol. The molecule has 1 aliphatic carbocycles. The first-order valence-corrected chi connectivity index (χ1v) is 15.1. The molecule has 0 spiro atoms. The van der Waals surface area contributed by atoms with E-state index in [0.29, 0.717) is 12.5 Å². The minimum Gasteiger partial charge on any atom is -0.351 e. The summed E-state index contributed by atoms with van der Waals surface area (Å²) in [7, 11) is 1.88. The first-order chi connectivity index (χ1) is 18.8. The van der Waals surface area contributed by atoms with Gasteiger partial charge in [0.1, 0.15) is 6.04 Å². The molecule has 2 amide bonds. The van der Waals surface area contributed by atoms with Gasteiger partial charge in [-0.15, -0.1) is 11.8 Å². The molecule has 4 rings (SSSR count). The SMILES string of the molecule is C=[N+](C)c1[nH]cc(CC(=O)N(CC2=CC(C)CS2)C(C(=O)NC2CCCCC2)c2ccccc2C)c1C=CC. The van der Waals surface area contributed by atoms with Gasteiger partial charge in [-0.3, -0.25) is 9.59 Å². The Hall–Kier alpha value is -3.06. The van der Waals surface area contributed by atoms with Gasteiger partial charge >= 0.3 is 0 Å². The van der Waals surface area contributed by atoms with Crippen molar-refractivity contribution in [3.8, 4) is 0 Å². The quantitative estimate of drug-likeness (QED) is 0.277. The number of nitrogens with one attached hydrogen (secondary N) is 2. The predicted molar refractivity (Wildman–Crippen MR) is 163 cm³/mol. The monoisotopic (exact) mass is 547 g/mol. The molecule has 208 valence electrons. The molecule has 1 aliphatic heterocycles. The number of thioether (sulfide) groups is 1. The van der Waals surface area contributed by atoms with Crippen LogP contribution in [0, 0.1) is 12.8 Å². The number of aromatic amines is 1. The summed E-state index contributed by atoms with van der Waals surface area (Å²) in [4.78, 5) is 34.6. The van der Waals surface area contributed by atoms with Gasteiger partial charge in [-0.05, 0) is 43.7 Å². The molecule has 1 aromatic heterocycles. The van der Waals surface area contributed by atoms with Gasteiger partial charge in [0.25, 0.3) is 5.82 Å². The number of nitrogens with zero attached hydrogens (tertiary/aromatic N) is 2. The molecule has 39 heavy (non-hydrogen) atoms. The van der Waals surface area contributed by atoms with E-state index in [4.69, 9.17) is 0 Å². The van der Waals surface area contributed by atoms with E-state index in [2.05, 4.69) is 30.0 Å². The number of rotatable bonds is 10. The van der Waals surface area contributed by atoms with Crippen LogP contribution >= 0.6 is 11.8 Å². The molecular formula is C32H43N4O2S+. The summed E-state index contributed by atoms with van der Waals surface area (Å²) in [6.07, 6.45) is 13.8. The number of amides is 2. The number of H-pyrrole nitrogens is 1. The molecular weight excluding hydrogens is 504 g/mol. The van der Waals surface area contributed by atoms with E-state index in [0.717, 1.165) is 64.4 Å². The second kappa shape index (κ2) is 13.3. The van der Waals surface area contributed by atoms with Crippen molar-refractivity contribution in [3.63, 3.8) is 0 Å². The molecule has 2 aliphatic rings. The van der Waals surface area contributed by atoms with E-state index in [9.17, 15) is 9.59 Å². The number of carbonyl (C=O) groups excluding carboxylic acids is 2. The number of aryl methyl sites for hydroxylation is 1. The van der Waals surface area contributed by atoms with Crippen molar-refractivity contribution in [3.05, 3.63) is 69.8 Å². The van der Waals surface area contributed by atoms with Crippen LogP contribution in [0.2, 0.25) is 0 Å². The largest absolute Gasteiger partial charge is 0.351 e. The second-order valence-corrected chi connectivity index (χ2v) is 12.1. The van der Waals surface area contributed by atoms with E-state index in [1.165, 1.54) is 6.42 Å². The fraction of sp³-hybridized carbons (Fsp3) is 0.469. The van der Waals surface area contributed by atoms with Crippen LogP contribution in [0.15, 0.2) is 47.5 Å². The normalized spacial score (nSPS) is 18.7. The lowest BCUT2D eigenvalue weighted by Gasteiger charge is -2.34. The van der Waals surface area contributed by atoms with Crippen LogP contribution in [0.5, 0.6) is 0 Å². The molecule has 1 fully saturated rings. The maximum absolute atomic E-state index is 14.3. The minimum absolute atomic E-state index is 0.0638. The Morgan fingerprint density at radius 3 is 2.64 bits per heavy atom. The zero-order valence-electron chi connectivity index (χ0n) is 23.8. The molecule has 2 heterocycles.